The number of hydrogen-bond donors (Lipinski definition) is 1. The molecule has 0 spiro atoms. The molecule has 1 atom stereocenters. The minimum atomic E-state index is -3.40. The maximum absolute atomic E-state index is 11.8. The monoisotopic (exact) mass is 278 g/mol. The van der Waals surface area contributed by atoms with Crippen molar-refractivity contribution >= 4 is 21.9 Å². The van der Waals surface area contributed by atoms with Crippen molar-refractivity contribution in [2.45, 2.75) is 13.3 Å². The van der Waals surface area contributed by atoms with E-state index in [9.17, 15) is 18.0 Å². The molecule has 1 saturated heterocycles. The molecule has 1 rings (SSSR count). The van der Waals surface area contributed by atoms with Gasteiger partial charge in [-0.3, -0.25) is 9.59 Å². The molecule has 0 bridgehead atoms. The molecule has 8 heteroatoms. The van der Waals surface area contributed by atoms with E-state index in [1.807, 2.05) is 0 Å². The minimum Gasteiger partial charge on any atom is -0.481 e. The Balaban J connectivity index is 2.64. The van der Waals surface area contributed by atoms with Gasteiger partial charge >= 0.3 is 5.97 Å². The van der Waals surface area contributed by atoms with Crippen LogP contribution in [0.4, 0.5) is 0 Å². The van der Waals surface area contributed by atoms with E-state index in [0.29, 0.717) is 13.0 Å². The van der Waals surface area contributed by atoms with Gasteiger partial charge in [0, 0.05) is 20.1 Å². The molecule has 0 aliphatic carbocycles. The average Bonchev–Trinajstić information content (AvgIpc) is 2.61. The van der Waals surface area contributed by atoms with E-state index in [-0.39, 0.29) is 19.0 Å². The number of rotatable bonds is 4. The Morgan fingerprint density at radius 3 is 2.39 bits per heavy atom. The Hall–Kier alpha value is -1.15. The highest BCUT2D eigenvalue weighted by atomic mass is 32.2. The van der Waals surface area contributed by atoms with Crippen LogP contribution in [0, 0.1) is 5.41 Å². The maximum atomic E-state index is 11.8. The molecule has 0 saturated carbocycles. The zero-order chi connectivity index (χ0) is 14.1. The van der Waals surface area contributed by atoms with Crippen LogP contribution < -0.4 is 0 Å². The molecule has 18 heavy (non-hydrogen) atoms. The molecule has 1 aliphatic rings. The number of likely N-dealkylation sites (N-methyl/N-ethyl adjacent to an activating group) is 1. The number of hydrogen-bond acceptors (Lipinski definition) is 4. The van der Waals surface area contributed by atoms with Crippen LogP contribution in [0.5, 0.6) is 0 Å². The van der Waals surface area contributed by atoms with E-state index in [1.165, 1.54) is 11.9 Å². The van der Waals surface area contributed by atoms with Crippen molar-refractivity contribution < 1.29 is 23.1 Å². The fraction of sp³-hybridized carbons (Fsp3) is 0.800. The molecule has 0 radical (unpaired) electrons. The van der Waals surface area contributed by atoms with Crippen molar-refractivity contribution in [2.75, 3.05) is 32.9 Å². The third-order valence-electron chi connectivity index (χ3n) is 3.27. The van der Waals surface area contributed by atoms with E-state index in [0.717, 1.165) is 10.6 Å². The number of likely N-dealkylation sites (tertiary alicyclic amines) is 1. The highest BCUT2D eigenvalue weighted by molar-refractivity contribution is 7.88. The summed E-state index contributed by atoms with van der Waals surface area (Å²) in [7, 11) is -2.08. The van der Waals surface area contributed by atoms with Gasteiger partial charge in [-0.25, -0.2) is 8.42 Å². The Kier molecular flexibility index (Phi) is 4.02. The van der Waals surface area contributed by atoms with Gasteiger partial charge in [0.1, 0.15) is 0 Å². The van der Waals surface area contributed by atoms with Crippen LogP contribution in [0.3, 0.4) is 0 Å². The summed E-state index contributed by atoms with van der Waals surface area (Å²) in [5.41, 5.74) is -0.931. The molecule has 0 aromatic rings. The smallest absolute Gasteiger partial charge is 0.311 e. The molecule has 104 valence electrons. The molecule has 0 aromatic heterocycles. The third kappa shape index (κ3) is 3.20. The molecule has 1 N–H and O–H groups in total. The Bertz CT molecular complexity index is 461. The summed E-state index contributed by atoms with van der Waals surface area (Å²) < 4.78 is 23.3. The first-order chi connectivity index (χ1) is 8.06. The number of nitrogens with zero attached hydrogens (tertiary/aromatic N) is 2. The van der Waals surface area contributed by atoms with Crippen LogP contribution in [0.25, 0.3) is 0 Å². The van der Waals surface area contributed by atoms with Crippen molar-refractivity contribution in [3.05, 3.63) is 0 Å². The van der Waals surface area contributed by atoms with E-state index in [1.54, 1.807) is 6.92 Å². The largest absolute Gasteiger partial charge is 0.481 e. The predicted octanol–water partition coefficient (Wildman–Crippen LogP) is -0.799. The lowest BCUT2D eigenvalue weighted by atomic mass is 9.90. The zero-order valence-corrected chi connectivity index (χ0v) is 11.5. The first-order valence-corrected chi connectivity index (χ1v) is 7.33. The van der Waals surface area contributed by atoms with Gasteiger partial charge in [-0.15, -0.1) is 0 Å². The summed E-state index contributed by atoms with van der Waals surface area (Å²) in [5, 5.41) is 9.04. The molecule has 1 aliphatic heterocycles. The van der Waals surface area contributed by atoms with E-state index >= 15 is 0 Å². The zero-order valence-electron chi connectivity index (χ0n) is 10.7. The topological polar surface area (TPSA) is 95.0 Å². The van der Waals surface area contributed by atoms with Crippen molar-refractivity contribution in [3.8, 4) is 0 Å². The van der Waals surface area contributed by atoms with E-state index < -0.39 is 21.4 Å². The summed E-state index contributed by atoms with van der Waals surface area (Å²) in [4.78, 5) is 24.3. The first kappa shape index (κ1) is 14.9. The second-order valence-corrected chi connectivity index (χ2v) is 7.04. The second kappa shape index (κ2) is 4.85. The molecular weight excluding hydrogens is 260 g/mol. The molecule has 1 amide bonds. The number of carboxylic acid groups (broad SMARTS) is 1. The van der Waals surface area contributed by atoms with Crippen molar-refractivity contribution in [3.63, 3.8) is 0 Å². The number of carbonyl (C=O) groups excluding carboxylic acids is 1. The van der Waals surface area contributed by atoms with Crippen LogP contribution >= 0.6 is 0 Å². The van der Waals surface area contributed by atoms with Crippen LogP contribution in [0.15, 0.2) is 0 Å². The molecular formula is C10H18N2O5S. The van der Waals surface area contributed by atoms with Gasteiger partial charge in [-0.2, -0.15) is 4.31 Å². The standard InChI is InChI=1S/C10H18N2O5S/c1-10(9(14)15)4-5-12(7-10)8(13)6-11(2)18(3,16)17/h4-7H2,1-3H3,(H,14,15)/t10-/m1/s1. The highest BCUT2D eigenvalue weighted by Crippen LogP contribution is 2.30. The lowest BCUT2D eigenvalue weighted by molar-refractivity contribution is -0.147. The lowest BCUT2D eigenvalue weighted by Gasteiger charge is -2.22. The van der Waals surface area contributed by atoms with Crippen molar-refractivity contribution in [2.24, 2.45) is 5.41 Å². The molecule has 0 aromatic carbocycles. The summed E-state index contributed by atoms with van der Waals surface area (Å²) in [5.74, 6) is -1.30. The van der Waals surface area contributed by atoms with Crippen LogP contribution in [0.1, 0.15) is 13.3 Å². The number of amides is 1. The van der Waals surface area contributed by atoms with E-state index in [4.69, 9.17) is 5.11 Å². The second-order valence-electron chi connectivity index (χ2n) is 4.95. The van der Waals surface area contributed by atoms with E-state index in [2.05, 4.69) is 0 Å². The van der Waals surface area contributed by atoms with Gasteiger partial charge in [-0.1, -0.05) is 0 Å². The molecule has 1 fully saturated rings. The molecule has 0 unspecified atom stereocenters. The predicted molar refractivity (Wildman–Crippen MR) is 64.4 cm³/mol. The average molecular weight is 278 g/mol. The third-order valence-corrected chi connectivity index (χ3v) is 4.53. The van der Waals surface area contributed by atoms with Gasteiger partial charge < -0.3 is 10.0 Å². The van der Waals surface area contributed by atoms with Gasteiger partial charge in [-0.05, 0) is 13.3 Å². The quantitative estimate of drug-likeness (QED) is 0.726. The summed E-state index contributed by atoms with van der Waals surface area (Å²) in [6, 6.07) is 0. The Labute approximate surface area is 106 Å². The number of sulfonamides is 1. The Morgan fingerprint density at radius 1 is 1.44 bits per heavy atom. The fourth-order valence-electron chi connectivity index (χ4n) is 1.76. The number of carboxylic acids is 1. The van der Waals surface area contributed by atoms with Gasteiger partial charge in [0.05, 0.1) is 18.2 Å². The normalized spacial score (nSPS) is 24.6. The van der Waals surface area contributed by atoms with Gasteiger partial charge in [0.15, 0.2) is 0 Å². The van der Waals surface area contributed by atoms with Crippen LogP contribution in [-0.4, -0.2) is 67.5 Å². The lowest BCUT2D eigenvalue weighted by Crippen LogP contribution is -2.41. The van der Waals surface area contributed by atoms with Crippen LogP contribution in [0.2, 0.25) is 0 Å². The molecule has 7 nitrogen and oxygen atoms in total. The maximum Gasteiger partial charge on any atom is 0.311 e. The van der Waals surface area contributed by atoms with Crippen LogP contribution in [-0.2, 0) is 19.6 Å². The van der Waals surface area contributed by atoms with Crippen molar-refractivity contribution in [1.29, 1.82) is 0 Å². The first-order valence-electron chi connectivity index (χ1n) is 5.49. The summed E-state index contributed by atoms with van der Waals surface area (Å²) >= 11 is 0. The fourth-order valence-corrected chi connectivity index (χ4v) is 2.10. The SMILES string of the molecule is CN(CC(=O)N1CC[C@@](C)(C(=O)O)C1)S(C)(=O)=O. The number of carbonyl (C=O) groups is 2. The Morgan fingerprint density at radius 2 is 2.00 bits per heavy atom. The minimum absolute atomic E-state index is 0.124. The van der Waals surface area contributed by atoms with Crippen molar-refractivity contribution in [1.82, 2.24) is 9.21 Å². The molecule has 1 heterocycles. The highest BCUT2D eigenvalue weighted by Gasteiger charge is 2.42. The van der Waals surface area contributed by atoms with Gasteiger partial charge in [0.25, 0.3) is 0 Å². The summed E-state index contributed by atoms with van der Waals surface area (Å²) in [6.07, 6.45) is 1.41. The van der Waals surface area contributed by atoms with Gasteiger partial charge in [0.2, 0.25) is 15.9 Å². The number of aliphatic carboxylic acids is 1. The summed E-state index contributed by atoms with van der Waals surface area (Å²) in [6.45, 7) is 1.80.